The van der Waals surface area contributed by atoms with E-state index in [2.05, 4.69) is 5.10 Å². The quantitative estimate of drug-likeness (QED) is 0.625. The largest absolute Gasteiger partial charge is 0.497 e. The predicted molar refractivity (Wildman–Crippen MR) is 103 cm³/mol. The van der Waals surface area contributed by atoms with Crippen LogP contribution >= 0.6 is 0 Å². The average molecular weight is 371 g/mol. The highest BCUT2D eigenvalue weighted by Crippen LogP contribution is 2.22. The van der Waals surface area contributed by atoms with Crippen LogP contribution in [-0.4, -0.2) is 41.7 Å². The fourth-order valence-corrected chi connectivity index (χ4v) is 3.48. The molecule has 1 aliphatic rings. The summed E-state index contributed by atoms with van der Waals surface area (Å²) in [6.07, 6.45) is 4.41. The molecule has 1 fully saturated rings. The van der Waals surface area contributed by atoms with Gasteiger partial charge in [0.05, 0.1) is 43.6 Å². The summed E-state index contributed by atoms with van der Waals surface area (Å²) in [5.41, 5.74) is 2.06. The molecular formula is C20H25N3O4. The van der Waals surface area contributed by atoms with Crippen molar-refractivity contribution in [2.45, 2.75) is 45.1 Å². The van der Waals surface area contributed by atoms with Crippen molar-refractivity contribution >= 4 is 11.7 Å². The van der Waals surface area contributed by atoms with Gasteiger partial charge in [-0.1, -0.05) is 12.8 Å². The molecule has 0 bridgehead atoms. The number of hydrogen-bond acceptors (Lipinski definition) is 5. The average Bonchev–Trinajstić information content (AvgIpc) is 3.29. The molecule has 0 aliphatic heterocycles. The number of benzene rings is 1. The van der Waals surface area contributed by atoms with E-state index in [4.69, 9.17) is 14.5 Å². The van der Waals surface area contributed by atoms with Crippen LogP contribution in [0.2, 0.25) is 0 Å². The highest BCUT2D eigenvalue weighted by Gasteiger charge is 2.22. The first-order valence-corrected chi connectivity index (χ1v) is 9.13. The molecule has 0 unspecified atom stereocenters. The molecule has 1 heterocycles. The van der Waals surface area contributed by atoms with Crippen LogP contribution in [0.5, 0.6) is 5.75 Å². The molecular weight excluding hydrogens is 346 g/mol. The Morgan fingerprint density at radius 3 is 2.48 bits per heavy atom. The summed E-state index contributed by atoms with van der Waals surface area (Å²) in [5, 5.41) is 3.06. The van der Waals surface area contributed by atoms with Gasteiger partial charge in [-0.05, 0) is 44.0 Å². The molecule has 0 amide bonds. The zero-order valence-electron chi connectivity index (χ0n) is 15.9. The van der Waals surface area contributed by atoms with Crippen molar-refractivity contribution < 1.29 is 14.3 Å². The number of methoxy groups -OCH3 is 2. The van der Waals surface area contributed by atoms with Gasteiger partial charge >= 0.3 is 5.97 Å². The molecule has 1 aromatic carbocycles. The molecule has 2 aromatic rings. The maximum Gasteiger partial charge on any atom is 0.311 e. The van der Waals surface area contributed by atoms with Crippen LogP contribution in [0.3, 0.4) is 0 Å². The minimum absolute atomic E-state index is 0.0121. The van der Waals surface area contributed by atoms with Crippen molar-refractivity contribution in [2.24, 2.45) is 4.99 Å². The van der Waals surface area contributed by atoms with Crippen molar-refractivity contribution in [1.82, 2.24) is 9.78 Å². The van der Waals surface area contributed by atoms with E-state index in [1.54, 1.807) is 31.4 Å². The van der Waals surface area contributed by atoms with Gasteiger partial charge in [0, 0.05) is 5.71 Å². The number of aromatic nitrogens is 2. The number of esters is 1. The number of ether oxygens (including phenoxy) is 2. The number of hydrogen-bond donors (Lipinski definition) is 1. The van der Waals surface area contributed by atoms with Crippen LogP contribution < -0.4 is 10.3 Å². The van der Waals surface area contributed by atoms with Gasteiger partial charge in [-0.2, -0.15) is 0 Å². The minimum Gasteiger partial charge on any atom is -0.497 e. The van der Waals surface area contributed by atoms with Crippen molar-refractivity contribution in [2.75, 3.05) is 14.2 Å². The monoisotopic (exact) mass is 371 g/mol. The van der Waals surface area contributed by atoms with Gasteiger partial charge in [-0.3, -0.25) is 19.7 Å². The number of H-pyrrole nitrogens is 1. The molecule has 3 rings (SSSR count). The molecule has 0 atom stereocenters. The first kappa shape index (κ1) is 18.9. The van der Waals surface area contributed by atoms with Crippen molar-refractivity contribution in [3.63, 3.8) is 0 Å². The Balaban J connectivity index is 2.04. The highest BCUT2D eigenvalue weighted by atomic mass is 16.5. The third kappa shape index (κ3) is 4.13. The summed E-state index contributed by atoms with van der Waals surface area (Å²) in [7, 11) is 2.92. The molecule has 1 aliphatic carbocycles. The SMILES string of the molecule is COC(=O)Cc1[nH]n(-c2ccc(OC)cc2)c(=O)c1C(C)=NC1CCCC1. The lowest BCUT2D eigenvalue weighted by molar-refractivity contribution is -0.139. The highest BCUT2D eigenvalue weighted by molar-refractivity contribution is 6.00. The van der Waals surface area contributed by atoms with E-state index in [9.17, 15) is 9.59 Å². The van der Waals surface area contributed by atoms with Gasteiger partial charge in [0.2, 0.25) is 0 Å². The Morgan fingerprint density at radius 1 is 1.22 bits per heavy atom. The van der Waals surface area contributed by atoms with Crippen molar-refractivity contribution in [1.29, 1.82) is 0 Å². The molecule has 0 saturated heterocycles. The van der Waals surface area contributed by atoms with Gasteiger partial charge in [-0.25, -0.2) is 4.68 Å². The Kier molecular flexibility index (Phi) is 5.78. The van der Waals surface area contributed by atoms with Crippen LogP contribution in [0.1, 0.15) is 43.9 Å². The molecule has 144 valence electrons. The minimum atomic E-state index is -0.409. The van der Waals surface area contributed by atoms with Gasteiger partial charge in [0.25, 0.3) is 5.56 Å². The number of rotatable bonds is 6. The molecule has 1 N–H and O–H groups in total. The number of carbonyl (C=O) groups is 1. The van der Waals surface area contributed by atoms with Gasteiger partial charge in [0.15, 0.2) is 0 Å². The molecule has 7 heteroatoms. The Labute approximate surface area is 158 Å². The summed E-state index contributed by atoms with van der Waals surface area (Å²) in [4.78, 5) is 29.7. The fourth-order valence-electron chi connectivity index (χ4n) is 3.48. The smallest absolute Gasteiger partial charge is 0.311 e. The first-order valence-electron chi connectivity index (χ1n) is 9.13. The zero-order valence-corrected chi connectivity index (χ0v) is 15.9. The fraction of sp³-hybridized carbons (Fsp3) is 0.450. The van der Waals surface area contributed by atoms with E-state index in [0.29, 0.717) is 28.4 Å². The predicted octanol–water partition coefficient (Wildman–Crippen LogP) is 2.64. The molecule has 27 heavy (non-hydrogen) atoms. The van der Waals surface area contributed by atoms with Gasteiger partial charge in [-0.15, -0.1) is 0 Å². The lowest BCUT2D eigenvalue weighted by Crippen LogP contribution is -2.21. The molecule has 7 nitrogen and oxygen atoms in total. The summed E-state index contributed by atoms with van der Waals surface area (Å²) in [6, 6.07) is 7.38. The van der Waals surface area contributed by atoms with Crippen LogP contribution in [0.25, 0.3) is 5.69 Å². The van der Waals surface area contributed by atoms with Crippen LogP contribution in [0.4, 0.5) is 0 Å². The van der Waals surface area contributed by atoms with Crippen LogP contribution in [-0.2, 0) is 16.0 Å². The van der Waals surface area contributed by atoms with E-state index in [1.165, 1.54) is 24.6 Å². The lowest BCUT2D eigenvalue weighted by Gasteiger charge is -2.05. The molecule has 1 saturated carbocycles. The summed E-state index contributed by atoms with van der Waals surface area (Å²) >= 11 is 0. The Hall–Kier alpha value is -2.83. The first-order chi connectivity index (χ1) is 13.0. The van der Waals surface area contributed by atoms with E-state index >= 15 is 0 Å². The molecule has 0 spiro atoms. The summed E-state index contributed by atoms with van der Waals surface area (Å²) < 4.78 is 11.4. The third-order valence-corrected chi connectivity index (χ3v) is 4.91. The summed E-state index contributed by atoms with van der Waals surface area (Å²) in [6.45, 7) is 1.84. The van der Waals surface area contributed by atoms with E-state index in [-0.39, 0.29) is 18.0 Å². The Bertz CT molecular complexity index is 887. The number of carbonyl (C=O) groups excluding carboxylic acids is 1. The second-order valence-corrected chi connectivity index (χ2v) is 6.71. The zero-order chi connectivity index (χ0) is 19.4. The van der Waals surface area contributed by atoms with Crippen LogP contribution in [0.15, 0.2) is 34.1 Å². The maximum absolute atomic E-state index is 13.1. The van der Waals surface area contributed by atoms with E-state index < -0.39 is 5.97 Å². The van der Waals surface area contributed by atoms with Crippen LogP contribution in [0, 0.1) is 0 Å². The molecule has 0 radical (unpaired) electrons. The Morgan fingerprint density at radius 2 is 1.89 bits per heavy atom. The van der Waals surface area contributed by atoms with E-state index in [1.807, 2.05) is 6.92 Å². The lowest BCUT2D eigenvalue weighted by atomic mass is 10.1. The van der Waals surface area contributed by atoms with Crippen molar-refractivity contribution in [3.8, 4) is 11.4 Å². The molecule has 1 aromatic heterocycles. The number of nitrogens with zero attached hydrogens (tertiary/aromatic N) is 2. The van der Waals surface area contributed by atoms with Gasteiger partial charge in [0.1, 0.15) is 5.75 Å². The second kappa shape index (κ2) is 8.24. The normalized spacial score (nSPS) is 15.1. The number of aromatic amines is 1. The van der Waals surface area contributed by atoms with E-state index in [0.717, 1.165) is 12.8 Å². The summed E-state index contributed by atoms with van der Waals surface area (Å²) in [5.74, 6) is 0.292. The number of aliphatic imine (C=N–C) groups is 1. The van der Waals surface area contributed by atoms with Gasteiger partial charge < -0.3 is 9.47 Å². The second-order valence-electron chi connectivity index (χ2n) is 6.71. The van der Waals surface area contributed by atoms with Crippen molar-refractivity contribution in [3.05, 3.63) is 45.9 Å². The topological polar surface area (TPSA) is 85.7 Å². The standard InChI is InChI=1S/C20H25N3O4/c1-13(21-14-6-4-5-7-14)19-17(12-18(24)27-3)22-23(20(19)25)15-8-10-16(26-2)11-9-15/h8-11,14,22H,4-7,12H2,1-3H3. The maximum atomic E-state index is 13.1. The third-order valence-electron chi connectivity index (χ3n) is 4.91. The number of nitrogens with one attached hydrogen (secondary N) is 1.